The molecular weight excluding hydrogens is 243 g/mol. The molecule has 6 heteroatoms. The molecule has 2 aliphatic rings. The van der Waals surface area contributed by atoms with Crippen molar-refractivity contribution in [2.75, 3.05) is 24.5 Å². The summed E-state index contributed by atoms with van der Waals surface area (Å²) in [5.41, 5.74) is 1.49. The van der Waals surface area contributed by atoms with E-state index in [4.69, 9.17) is 0 Å². The van der Waals surface area contributed by atoms with E-state index in [9.17, 15) is 14.8 Å². The average molecular weight is 260 g/mol. The number of hydrogen-bond donors (Lipinski definition) is 2. The van der Waals surface area contributed by atoms with Crippen LogP contribution in [0.1, 0.15) is 12.8 Å². The lowest BCUT2D eigenvalue weighted by atomic mass is 9.80. The molecule has 2 aliphatic heterocycles. The van der Waals surface area contributed by atoms with Crippen LogP contribution in [0.2, 0.25) is 0 Å². The van der Waals surface area contributed by atoms with Crippen molar-refractivity contribution in [2.45, 2.75) is 18.9 Å². The van der Waals surface area contributed by atoms with Crippen LogP contribution in [-0.4, -0.2) is 53.6 Å². The highest BCUT2D eigenvalue weighted by molar-refractivity contribution is 6.58. The fraction of sp³-hybridized carbons (Fsp3) is 0.462. The molecule has 0 aromatic heterocycles. The Bertz CT molecular complexity index is 495. The zero-order valence-corrected chi connectivity index (χ0v) is 10.7. The van der Waals surface area contributed by atoms with Crippen LogP contribution in [0.5, 0.6) is 0 Å². The van der Waals surface area contributed by atoms with Gasteiger partial charge in [0.25, 0.3) is 0 Å². The van der Waals surface area contributed by atoms with Gasteiger partial charge >= 0.3 is 7.12 Å². The molecule has 0 saturated carbocycles. The highest BCUT2D eigenvalue weighted by Crippen LogP contribution is 2.25. The van der Waals surface area contributed by atoms with Crippen molar-refractivity contribution < 1.29 is 14.8 Å². The second-order valence-corrected chi connectivity index (χ2v) is 5.19. The second kappa shape index (κ2) is 4.87. The number of anilines is 1. The highest BCUT2D eigenvalue weighted by Gasteiger charge is 2.35. The standard InChI is InChI=1S/C13H17BN2O3/c17-13-5-4-12-9-15(6-7-16(12)13)11-3-1-2-10(8-11)14(18)19/h1-3,8,12,18-19H,4-7,9H2. The molecule has 3 rings (SSSR count). The van der Waals surface area contributed by atoms with E-state index in [0.29, 0.717) is 17.9 Å². The van der Waals surface area contributed by atoms with Crippen LogP contribution in [-0.2, 0) is 4.79 Å². The molecule has 1 aromatic rings. The van der Waals surface area contributed by atoms with Crippen molar-refractivity contribution in [3.05, 3.63) is 24.3 Å². The summed E-state index contributed by atoms with van der Waals surface area (Å²) >= 11 is 0. The van der Waals surface area contributed by atoms with Gasteiger partial charge in [0.1, 0.15) is 0 Å². The van der Waals surface area contributed by atoms with E-state index in [1.165, 1.54) is 0 Å². The fourth-order valence-corrected chi connectivity index (χ4v) is 2.98. The summed E-state index contributed by atoms with van der Waals surface area (Å²) in [6.45, 7) is 2.39. The number of amides is 1. The third kappa shape index (κ3) is 2.33. The van der Waals surface area contributed by atoms with Crippen molar-refractivity contribution >= 4 is 24.2 Å². The van der Waals surface area contributed by atoms with E-state index in [1.54, 1.807) is 12.1 Å². The lowest BCUT2D eigenvalue weighted by Crippen LogP contribution is -2.51. The molecule has 0 spiro atoms. The van der Waals surface area contributed by atoms with Gasteiger partial charge in [-0.2, -0.15) is 0 Å². The summed E-state index contributed by atoms with van der Waals surface area (Å²) in [6.07, 6.45) is 1.59. The molecular formula is C13H17BN2O3. The minimum Gasteiger partial charge on any atom is -0.423 e. The molecule has 0 aliphatic carbocycles. The van der Waals surface area contributed by atoms with Gasteiger partial charge in [0.2, 0.25) is 5.91 Å². The molecule has 1 unspecified atom stereocenters. The molecule has 2 saturated heterocycles. The van der Waals surface area contributed by atoms with Crippen LogP contribution in [0.15, 0.2) is 24.3 Å². The predicted molar refractivity (Wildman–Crippen MR) is 73.2 cm³/mol. The monoisotopic (exact) mass is 260 g/mol. The number of carbonyl (C=O) groups is 1. The Morgan fingerprint density at radius 1 is 1.26 bits per heavy atom. The molecule has 2 N–H and O–H groups in total. The summed E-state index contributed by atoms with van der Waals surface area (Å²) in [5.74, 6) is 0.268. The number of carbonyl (C=O) groups excluding carboxylic acids is 1. The Morgan fingerprint density at radius 2 is 2.11 bits per heavy atom. The lowest BCUT2D eigenvalue weighted by Gasteiger charge is -2.39. The van der Waals surface area contributed by atoms with Gasteiger partial charge in [-0.25, -0.2) is 0 Å². The minimum absolute atomic E-state index is 0.268. The van der Waals surface area contributed by atoms with Crippen LogP contribution < -0.4 is 10.4 Å². The first-order chi connectivity index (χ1) is 9.15. The van der Waals surface area contributed by atoms with Gasteiger partial charge in [-0.15, -0.1) is 0 Å². The number of nitrogens with zero attached hydrogens (tertiary/aromatic N) is 2. The van der Waals surface area contributed by atoms with Gasteiger partial charge in [0.15, 0.2) is 0 Å². The second-order valence-electron chi connectivity index (χ2n) is 5.19. The highest BCUT2D eigenvalue weighted by atomic mass is 16.4. The molecule has 1 atom stereocenters. The van der Waals surface area contributed by atoms with Crippen LogP contribution in [0.25, 0.3) is 0 Å². The van der Waals surface area contributed by atoms with Crippen LogP contribution in [0.4, 0.5) is 5.69 Å². The third-order valence-corrected chi connectivity index (χ3v) is 4.03. The number of benzene rings is 1. The Balaban J connectivity index is 1.77. The van der Waals surface area contributed by atoms with E-state index in [-0.39, 0.29) is 5.91 Å². The average Bonchev–Trinajstić information content (AvgIpc) is 2.80. The summed E-state index contributed by atoms with van der Waals surface area (Å²) in [4.78, 5) is 15.8. The zero-order valence-electron chi connectivity index (χ0n) is 10.7. The maximum absolute atomic E-state index is 11.6. The molecule has 0 bridgehead atoms. The van der Waals surface area contributed by atoms with Gasteiger partial charge in [-0.1, -0.05) is 12.1 Å². The van der Waals surface area contributed by atoms with Gasteiger partial charge in [0, 0.05) is 37.8 Å². The summed E-state index contributed by atoms with van der Waals surface area (Å²) in [7, 11) is -1.44. The number of piperazine rings is 1. The SMILES string of the molecule is O=C1CCC2CN(c3cccc(B(O)O)c3)CCN12. The van der Waals surface area contributed by atoms with Crippen molar-refractivity contribution in [1.82, 2.24) is 4.90 Å². The van der Waals surface area contributed by atoms with Crippen molar-refractivity contribution in [3.8, 4) is 0 Å². The first-order valence-corrected chi connectivity index (χ1v) is 6.65. The fourth-order valence-electron chi connectivity index (χ4n) is 2.98. The first kappa shape index (κ1) is 12.5. The molecule has 5 nitrogen and oxygen atoms in total. The molecule has 19 heavy (non-hydrogen) atoms. The van der Waals surface area contributed by atoms with Gasteiger partial charge < -0.3 is 19.8 Å². The molecule has 0 radical (unpaired) electrons. The maximum atomic E-state index is 11.6. The van der Waals surface area contributed by atoms with E-state index in [0.717, 1.165) is 31.7 Å². The van der Waals surface area contributed by atoms with Crippen LogP contribution in [0.3, 0.4) is 0 Å². The first-order valence-electron chi connectivity index (χ1n) is 6.65. The zero-order chi connectivity index (χ0) is 13.4. The maximum Gasteiger partial charge on any atom is 0.488 e. The van der Waals surface area contributed by atoms with Gasteiger partial charge in [-0.05, 0) is 24.0 Å². The molecule has 2 fully saturated rings. The van der Waals surface area contributed by atoms with Gasteiger partial charge in [0.05, 0.1) is 0 Å². The number of hydrogen-bond acceptors (Lipinski definition) is 4. The Labute approximate surface area is 112 Å². The summed E-state index contributed by atoms with van der Waals surface area (Å²) in [6, 6.07) is 7.61. The normalized spacial score (nSPS) is 22.6. The Hall–Kier alpha value is -1.53. The number of rotatable bonds is 2. The molecule has 1 aromatic carbocycles. The smallest absolute Gasteiger partial charge is 0.423 e. The third-order valence-electron chi connectivity index (χ3n) is 4.03. The number of fused-ring (bicyclic) bond motifs is 1. The lowest BCUT2D eigenvalue weighted by molar-refractivity contribution is -0.129. The van der Waals surface area contributed by atoms with Crippen LogP contribution in [0, 0.1) is 0 Å². The van der Waals surface area contributed by atoms with E-state index >= 15 is 0 Å². The van der Waals surface area contributed by atoms with E-state index in [1.807, 2.05) is 17.0 Å². The predicted octanol–water partition coefficient (Wildman–Crippen LogP) is -0.823. The summed E-state index contributed by atoms with van der Waals surface area (Å²) < 4.78 is 0. The molecule has 1 amide bonds. The van der Waals surface area contributed by atoms with Crippen molar-refractivity contribution in [2.24, 2.45) is 0 Å². The molecule has 100 valence electrons. The largest absolute Gasteiger partial charge is 0.488 e. The van der Waals surface area contributed by atoms with E-state index in [2.05, 4.69) is 4.90 Å². The topological polar surface area (TPSA) is 64.0 Å². The quantitative estimate of drug-likeness (QED) is 0.682. The van der Waals surface area contributed by atoms with Crippen molar-refractivity contribution in [3.63, 3.8) is 0 Å². The summed E-state index contributed by atoms with van der Waals surface area (Å²) in [5, 5.41) is 18.4. The Kier molecular flexibility index (Phi) is 3.20. The van der Waals surface area contributed by atoms with E-state index < -0.39 is 7.12 Å². The molecule has 2 heterocycles. The van der Waals surface area contributed by atoms with Crippen molar-refractivity contribution in [1.29, 1.82) is 0 Å². The van der Waals surface area contributed by atoms with Crippen LogP contribution >= 0.6 is 0 Å². The van der Waals surface area contributed by atoms with Gasteiger partial charge in [-0.3, -0.25) is 4.79 Å². The minimum atomic E-state index is -1.44. The Morgan fingerprint density at radius 3 is 2.89 bits per heavy atom.